The first-order chi connectivity index (χ1) is 11.2. The molecule has 23 heavy (non-hydrogen) atoms. The molecule has 2 aliphatic heterocycles. The Bertz CT molecular complexity index is 697. The molecule has 1 N–H and O–H groups in total. The van der Waals surface area contributed by atoms with Crippen molar-refractivity contribution in [3.63, 3.8) is 0 Å². The van der Waals surface area contributed by atoms with Crippen LogP contribution in [0.15, 0.2) is 42.5 Å². The van der Waals surface area contributed by atoms with E-state index < -0.39 is 0 Å². The van der Waals surface area contributed by atoms with Crippen LogP contribution in [0.3, 0.4) is 0 Å². The van der Waals surface area contributed by atoms with Crippen molar-refractivity contribution in [1.82, 2.24) is 4.90 Å². The molecule has 0 radical (unpaired) electrons. The number of aliphatic hydroxyl groups is 1. The molecule has 5 atom stereocenters. The second-order valence-electron chi connectivity index (χ2n) is 7.51. The zero-order chi connectivity index (χ0) is 16.0. The molecule has 2 nitrogen and oxygen atoms in total. The van der Waals surface area contributed by atoms with Crippen LogP contribution in [0.4, 0.5) is 0 Å². The molecule has 2 saturated heterocycles. The van der Waals surface area contributed by atoms with Gasteiger partial charge in [-0.25, -0.2) is 0 Å². The number of hydrogen-bond donors (Lipinski definition) is 1. The van der Waals surface area contributed by atoms with E-state index in [2.05, 4.69) is 61.3 Å². The molecular weight excluding hydrogens is 282 g/mol. The minimum Gasteiger partial charge on any atom is -0.391 e. The van der Waals surface area contributed by atoms with Crippen molar-refractivity contribution in [3.05, 3.63) is 48.0 Å². The third kappa shape index (κ3) is 2.49. The summed E-state index contributed by atoms with van der Waals surface area (Å²) in [5, 5.41) is 13.2. The average Bonchev–Trinajstić information content (AvgIpc) is 2.75. The zero-order valence-corrected chi connectivity index (χ0v) is 14.2. The number of likely N-dealkylation sites (N-methyl/N-ethyl adjacent to an activating group) is 1. The van der Waals surface area contributed by atoms with Gasteiger partial charge in [-0.05, 0) is 54.5 Å². The number of rotatable bonds is 3. The molecular formula is C21H27NO. The van der Waals surface area contributed by atoms with Gasteiger partial charge in [0.2, 0.25) is 0 Å². The highest BCUT2D eigenvalue weighted by molar-refractivity contribution is 5.83. The van der Waals surface area contributed by atoms with E-state index in [4.69, 9.17) is 0 Å². The second-order valence-corrected chi connectivity index (χ2v) is 7.51. The van der Waals surface area contributed by atoms with Crippen LogP contribution in [0, 0.1) is 5.92 Å². The van der Waals surface area contributed by atoms with Crippen molar-refractivity contribution < 1.29 is 5.11 Å². The summed E-state index contributed by atoms with van der Waals surface area (Å²) in [6.45, 7) is 2.27. The van der Waals surface area contributed by atoms with Gasteiger partial charge in [0.1, 0.15) is 0 Å². The number of fused-ring (bicyclic) bond motifs is 3. The number of hydrogen-bond acceptors (Lipinski definition) is 2. The van der Waals surface area contributed by atoms with Crippen LogP contribution in [0.25, 0.3) is 10.8 Å². The monoisotopic (exact) mass is 309 g/mol. The van der Waals surface area contributed by atoms with Crippen LogP contribution in [-0.4, -0.2) is 35.2 Å². The quantitative estimate of drug-likeness (QED) is 0.919. The molecule has 0 amide bonds. The van der Waals surface area contributed by atoms with Gasteiger partial charge in [0, 0.05) is 12.1 Å². The fourth-order valence-corrected chi connectivity index (χ4v) is 5.18. The molecule has 122 valence electrons. The lowest BCUT2D eigenvalue weighted by molar-refractivity contribution is 0.0425. The van der Waals surface area contributed by atoms with Gasteiger partial charge in [0.25, 0.3) is 0 Å². The Balaban J connectivity index is 1.73. The van der Waals surface area contributed by atoms with Crippen LogP contribution in [-0.2, 0) is 0 Å². The molecule has 2 aromatic carbocycles. The lowest BCUT2D eigenvalue weighted by atomic mass is 9.73. The Labute approximate surface area is 139 Å². The Kier molecular flexibility index (Phi) is 3.90. The Morgan fingerprint density at radius 2 is 1.87 bits per heavy atom. The summed E-state index contributed by atoms with van der Waals surface area (Å²) < 4.78 is 0. The van der Waals surface area contributed by atoms with Gasteiger partial charge >= 0.3 is 0 Å². The predicted octanol–water partition coefficient (Wildman–Crippen LogP) is 4.18. The third-order valence-corrected chi connectivity index (χ3v) is 6.26. The summed E-state index contributed by atoms with van der Waals surface area (Å²) >= 11 is 0. The van der Waals surface area contributed by atoms with E-state index in [9.17, 15) is 5.11 Å². The van der Waals surface area contributed by atoms with Gasteiger partial charge in [0.05, 0.1) is 6.10 Å². The van der Waals surface area contributed by atoms with E-state index in [1.807, 2.05) is 0 Å². The van der Waals surface area contributed by atoms with Gasteiger partial charge in [-0.3, -0.25) is 4.90 Å². The highest BCUT2D eigenvalue weighted by Crippen LogP contribution is 2.48. The van der Waals surface area contributed by atoms with E-state index in [1.54, 1.807) is 0 Å². The number of benzene rings is 2. The van der Waals surface area contributed by atoms with E-state index >= 15 is 0 Å². The standard InChI is InChI=1S/C21H27NO/c1-3-6-18-19(12-17-13-20(23)21(18)22(17)2)16-10-9-14-7-4-5-8-15(14)11-16/h4-5,7-11,17-21,23H,3,6,12-13H2,1-2H3/t17?,18-,19-,20?,21+/m0/s1. The molecule has 2 unspecified atom stereocenters. The first kappa shape index (κ1) is 15.2. The van der Waals surface area contributed by atoms with Crippen molar-refractivity contribution in [2.45, 2.75) is 56.7 Å². The van der Waals surface area contributed by atoms with Crippen molar-refractivity contribution in [3.8, 4) is 0 Å². The zero-order valence-electron chi connectivity index (χ0n) is 14.2. The van der Waals surface area contributed by atoms with Crippen molar-refractivity contribution in [2.24, 2.45) is 5.92 Å². The van der Waals surface area contributed by atoms with Crippen molar-refractivity contribution in [2.75, 3.05) is 7.05 Å². The Morgan fingerprint density at radius 3 is 2.65 bits per heavy atom. The highest BCUT2D eigenvalue weighted by Gasteiger charge is 2.49. The van der Waals surface area contributed by atoms with Crippen LogP contribution in [0.2, 0.25) is 0 Å². The highest BCUT2D eigenvalue weighted by atomic mass is 16.3. The first-order valence-corrected chi connectivity index (χ1v) is 9.07. The minimum absolute atomic E-state index is 0.146. The van der Waals surface area contributed by atoms with Crippen LogP contribution >= 0.6 is 0 Å². The fraction of sp³-hybridized carbons (Fsp3) is 0.524. The number of nitrogens with zero attached hydrogens (tertiary/aromatic N) is 1. The maximum Gasteiger partial charge on any atom is 0.0713 e. The molecule has 2 heteroatoms. The van der Waals surface area contributed by atoms with E-state index in [0.29, 0.717) is 23.9 Å². The normalized spacial score (nSPS) is 34.1. The second kappa shape index (κ2) is 5.92. The minimum atomic E-state index is -0.146. The van der Waals surface area contributed by atoms with Crippen molar-refractivity contribution >= 4 is 10.8 Å². The number of aliphatic hydroxyl groups excluding tert-OH is 1. The summed E-state index contributed by atoms with van der Waals surface area (Å²) in [6.07, 6.45) is 4.39. The smallest absolute Gasteiger partial charge is 0.0713 e. The Morgan fingerprint density at radius 1 is 1.09 bits per heavy atom. The molecule has 4 rings (SSSR count). The Hall–Kier alpha value is -1.38. The molecule has 2 aromatic rings. The predicted molar refractivity (Wildman–Crippen MR) is 95.7 cm³/mol. The average molecular weight is 309 g/mol. The van der Waals surface area contributed by atoms with Crippen LogP contribution in [0.5, 0.6) is 0 Å². The molecule has 2 heterocycles. The van der Waals surface area contributed by atoms with Gasteiger partial charge in [-0.1, -0.05) is 55.8 Å². The number of piperidine rings is 1. The lowest BCUT2D eigenvalue weighted by Gasteiger charge is -2.44. The SMILES string of the molecule is CCC[C@H]1[C@H](c2ccc3ccccc3c2)CC2CC(O)[C@@H]1N2C. The first-order valence-electron chi connectivity index (χ1n) is 9.07. The van der Waals surface area contributed by atoms with Gasteiger partial charge < -0.3 is 5.11 Å². The summed E-state index contributed by atoms with van der Waals surface area (Å²) in [5.74, 6) is 1.16. The molecule has 0 aliphatic carbocycles. The maximum atomic E-state index is 10.6. The molecule has 2 fully saturated rings. The largest absolute Gasteiger partial charge is 0.391 e. The summed E-state index contributed by atoms with van der Waals surface area (Å²) in [7, 11) is 2.21. The van der Waals surface area contributed by atoms with E-state index in [-0.39, 0.29) is 6.10 Å². The summed E-state index contributed by atoms with van der Waals surface area (Å²) in [5.41, 5.74) is 1.47. The van der Waals surface area contributed by atoms with Gasteiger partial charge in [0.15, 0.2) is 0 Å². The van der Waals surface area contributed by atoms with E-state index in [1.165, 1.54) is 35.6 Å². The maximum absolute atomic E-state index is 10.6. The van der Waals surface area contributed by atoms with Gasteiger partial charge in [-0.2, -0.15) is 0 Å². The molecule has 0 saturated carbocycles. The topological polar surface area (TPSA) is 23.5 Å². The molecule has 0 spiro atoms. The van der Waals surface area contributed by atoms with Crippen LogP contribution in [0.1, 0.15) is 44.1 Å². The van der Waals surface area contributed by atoms with Crippen LogP contribution < -0.4 is 0 Å². The molecule has 2 bridgehead atoms. The fourth-order valence-electron chi connectivity index (χ4n) is 5.18. The lowest BCUT2D eigenvalue weighted by Crippen LogP contribution is -2.48. The summed E-state index contributed by atoms with van der Waals surface area (Å²) in [4.78, 5) is 2.46. The van der Waals surface area contributed by atoms with Gasteiger partial charge in [-0.15, -0.1) is 0 Å². The van der Waals surface area contributed by atoms with E-state index in [0.717, 1.165) is 6.42 Å². The third-order valence-electron chi connectivity index (χ3n) is 6.26. The van der Waals surface area contributed by atoms with Crippen molar-refractivity contribution in [1.29, 1.82) is 0 Å². The molecule has 2 aliphatic rings. The summed E-state index contributed by atoms with van der Waals surface area (Å²) in [6, 6.07) is 16.5. The molecule has 0 aromatic heterocycles.